The molecule has 8 heteroatoms. The second kappa shape index (κ2) is 7.42. The number of amides is 1. The Labute approximate surface area is 148 Å². The molecule has 0 saturated heterocycles. The number of halogens is 2. The van der Waals surface area contributed by atoms with Crippen molar-refractivity contribution >= 4 is 45.1 Å². The summed E-state index contributed by atoms with van der Waals surface area (Å²) in [6.45, 7) is 0.399. The van der Waals surface area contributed by atoms with Crippen molar-refractivity contribution in [3.8, 4) is 0 Å². The molecule has 1 amide bonds. The summed E-state index contributed by atoms with van der Waals surface area (Å²) in [4.78, 5) is 28.5. The van der Waals surface area contributed by atoms with E-state index >= 15 is 0 Å². The van der Waals surface area contributed by atoms with E-state index in [0.717, 1.165) is 17.3 Å². The number of carbonyl (C=O) groups is 1. The normalized spacial score (nSPS) is 15.0. The van der Waals surface area contributed by atoms with E-state index in [1.54, 1.807) is 12.1 Å². The number of nitrogens with one attached hydrogen (secondary N) is 1. The van der Waals surface area contributed by atoms with Gasteiger partial charge in [0.15, 0.2) is 0 Å². The van der Waals surface area contributed by atoms with Crippen LogP contribution in [0, 0.1) is 5.92 Å². The Morgan fingerprint density at radius 1 is 1.48 bits per heavy atom. The van der Waals surface area contributed by atoms with Crippen molar-refractivity contribution in [1.29, 1.82) is 0 Å². The molecule has 0 bridgehead atoms. The van der Waals surface area contributed by atoms with E-state index in [4.69, 9.17) is 5.73 Å². The third-order valence-electron chi connectivity index (χ3n) is 3.86. The Kier molecular flexibility index (Phi) is 5.78. The molecule has 2 aromatic rings. The van der Waals surface area contributed by atoms with Crippen LogP contribution in [0.1, 0.15) is 12.8 Å². The van der Waals surface area contributed by atoms with E-state index in [-0.39, 0.29) is 36.5 Å². The van der Waals surface area contributed by atoms with Crippen LogP contribution < -0.4 is 16.6 Å². The number of carbonyl (C=O) groups excluding carboxylic acids is 1. The molecule has 3 N–H and O–H groups in total. The molecule has 124 valence electrons. The van der Waals surface area contributed by atoms with Crippen molar-refractivity contribution in [2.45, 2.75) is 25.4 Å². The highest BCUT2D eigenvalue weighted by molar-refractivity contribution is 9.10. The Bertz CT molecular complexity index is 776. The fourth-order valence-corrected chi connectivity index (χ4v) is 2.74. The third kappa shape index (κ3) is 4.31. The van der Waals surface area contributed by atoms with Gasteiger partial charge in [-0.3, -0.25) is 14.2 Å². The average Bonchev–Trinajstić information content (AvgIpc) is 3.33. The summed E-state index contributed by atoms with van der Waals surface area (Å²) in [6, 6.07) is 5.30. The van der Waals surface area contributed by atoms with Crippen LogP contribution in [-0.4, -0.2) is 28.0 Å². The first kappa shape index (κ1) is 17.9. The standard InChI is InChI=1S/C15H17BrN4O2.ClH/c16-10-3-4-13-11(5-10)15(22)20(8-19-13)7-14(21)18-6-12(17)9-1-2-9;/h3-5,8-9,12H,1-2,6-7,17H2,(H,18,21);1H. The lowest BCUT2D eigenvalue weighted by atomic mass is 10.2. The van der Waals surface area contributed by atoms with Gasteiger partial charge in [0.2, 0.25) is 5.91 Å². The zero-order valence-corrected chi connectivity index (χ0v) is 14.8. The summed E-state index contributed by atoms with van der Waals surface area (Å²) in [6.07, 6.45) is 3.68. The number of nitrogens with two attached hydrogens (primary N) is 1. The Morgan fingerprint density at radius 3 is 2.91 bits per heavy atom. The third-order valence-corrected chi connectivity index (χ3v) is 4.36. The van der Waals surface area contributed by atoms with E-state index in [0.29, 0.717) is 23.4 Å². The van der Waals surface area contributed by atoms with Gasteiger partial charge >= 0.3 is 0 Å². The van der Waals surface area contributed by atoms with Gasteiger partial charge in [-0.2, -0.15) is 0 Å². The first-order valence-corrected chi connectivity index (χ1v) is 8.01. The van der Waals surface area contributed by atoms with Crippen LogP contribution >= 0.6 is 28.3 Å². The minimum Gasteiger partial charge on any atom is -0.353 e. The molecule has 1 atom stereocenters. The molecular weight excluding hydrogens is 384 g/mol. The molecule has 1 unspecified atom stereocenters. The van der Waals surface area contributed by atoms with Crippen molar-refractivity contribution in [3.05, 3.63) is 39.4 Å². The summed E-state index contributed by atoms with van der Waals surface area (Å²) in [5.41, 5.74) is 6.32. The topological polar surface area (TPSA) is 90.0 Å². The van der Waals surface area contributed by atoms with Crippen molar-refractivity contribution < 1.29 is 4.79 Å². The van der Waals surface area contributed by atoms with E-state index in [9.17, 15) is 9.59 Å². The van der Waals surface area contributed by atoms with Gasteiger partial charge in [0.25, 0.3) is 5.56 Å². The zero-order valence-electron chi connectivity index (χ0n) is 12.4. The summed E-state index contributed by atoms with van der Waals surface area (Å²) in [5.74, 6) is 0.303. The number of rotatable bonds is 5. The van der Waals surface area contributed by atoms with Gasteiger partial charge in [0, 0.05) is 17.1 Å². The van der Waals surface area contributed by atoms with Crippen molar-refractivity contribution in [2.75, 3.05) is 6.54 Å². The summed E-state index contributed by atoms with van der Waals surface area (Å²) >= 11 is 3.33. The molecule has 1 aliphatic carbocycles. The molecule has 0 spiro atoms. The van der Waals surface area contributed by atoms with Gasteiger partial charge in [0.1, 0.15) is 6.54 Å². The molecule has 0 radical (unpaired) electrons. The van der Waals surface area contributed by atoms with Gasteiger partial charge in [-0.05, 0) is 37.0 Å². The summed E-state index contributed by atoms with van der Waals surface area (Å²) in [7, 11) is 0. The Balaban J connectivity index is 0.00000192. The molecule has 1 fully saturated rings. The maximum absolute atomic E-state index is 12.4. The van der Waals surface area contributed by atoms with Crippen LogP contribution in [0.4, 0.5) is 0 Å². The van der Waals surface area contributed by atoms with Crippen LogP contribution in [0.3, 0.4) is 0 Å². The predicted octanol–water partition coefficient (Wildman–Crippen LogP) is 1.43. The lowest BCUT2D eigenvalue weighted by Crippen LogP contribution is -2.41. The van der Waals surface area contributed by atoms with Crippen LogP contribution in [0.2, 0.25) is 0 Å². The lowest BCUT2D eigenvalue weighted by molar-refractivity contribution is -0.121. The Hall–Kier alpha value is -1.44. The number of aromatic nitrogens is 2. The minimum absolute atomic E-state index is 0. The molecular formula is C15H18BrClN4O2. The SMILES string of the molecule is Cl.NC(CNC(=O)Cn1cnc2ccc(Br)cc2c1=O)C1CC1. The molecule has 1 aromatic heterocycles. The molecule has 1 aliphatic rings. The summed E-state index contributed by atoms with van der Waals surface area (Å²) in [5, 5.41) is 3.26. The van der Waals surface area contributed by atoms with Crippen LogP contribution in [0.25, 0.3) is 10.9 Å². The van der Waals surface area contributed by atoms with Crippen LogP contribution in [0.5, 0.6) is 0 Å². The average molecular weight is 402 g/mol. The maximum Gasteiger partial charge on any atom is 0.261 e. The van der Waals surface area contributed by atoms with Crippen LogP contribution in [0.15, 0.2) is 33.8 Å². The molecule has 3 rings (SSSR count). The molecule has 1 saturated carbocycles. The first-order chi connectivity index (χ1) is 10.5. The molecule has 0 aliphatic heterocycles. The van der Waals surface area contributed by atoms with Gasteiger partial charge < -0.3 is 11.1 Å². The van der Waals surface area contributed by atoms with E-state index in [1.165, 1.54) is 10.9 Å². The maximum atomic E-state index is 12.4. The van der Waals surface area contributed by atoms with Crippen molar-refractivity contribution in [3.63, 3.8) is 0 Å². The number of hydrogen-bond acceptors (Lipinski definition) is 4. The fourth-order valence-electron chi connectivity index (χ4n) is 2.38. The van der Waals surface area contributed by atoms with Gasteiger partial charge in [0.05, 0.1) is 17.2 Å². The van der Waals surface area contributed by atoms with Crippen molar-refractivity contribution in [2.24, 2.45) is 11.7 Å². The lowest BCUT2D eigenvalue weighted by Gasteiger charge is -2.12. The van der Waals surface area contributed by atoms with Gasteiger partial charge in [-0.1, -0.05) is 15.9 Å². The summed E-state index contributed by atoms with van der Waals surface area (Å²) < 4.78 is 2.11. The quantitative estimate of drug-likeness (QED) is 0.793. The van der Waals surface area contributed by atoms with Gasteiger partial charge in [-0.25, -0.2) is 4.98 Å². The van der Waals surface area contributed by atoms with Gasteiger partial charge in [-0.15, -0.1) is 12.4 Å². The number of benzene rings is 1. The second-order valence-corrected chi connectivity index (χ2v) is 6.56. The van der Waals surface area contributed by atoms with Crippen LogP contribution in [-0.2, 0) is 11.3 Å². The second-order valence-electron chi connectivity index (χ2n) is 5.64. The number of nitrogens with zero attached hydrogens (tertiary/aromatic N) is 2. The molecule has 23 heavy (non-hydrogen) atoms. The Morgan fingerprint density at radius 2 is 2.22 bits per heavy atom. The fraction of sp³-hybridized carbons (Fsp3) is 0.400. The predicted molar refractivity (Wildman–Crippen MR) is 94.7 cm³/mol. The highest BCUT2D eigenvalue weighted by Gasteiger charge is 2.28. The monoisotopic (exact) mass is 400 g/mol. The van der Waals surface area contributed by atoms with E-state index in [2.05, 4.69) is 26.2 Å². The smallest absolute Gasteiger partial charge is 0.261 e. The number of fused-ring (bicyclic) bond motifs is 1. The molecule has 1 heterocycles. The molecule has 6 nitrogen and oxygen atoms in total. The zero-order chi connectivity index (χ0) is 15.7. The first-order valence-electron chi connectivity index (χ1n) is 7.21. The van der Waals surface area contributed by atoms with E-state index in [1.807, 2.05) is 6.07 Å². The largest absolute Gasteiger partial charge is 0.353 e. The van der Waals surface area contributed by atoms with Crippen molar-refractivity contribution in [1.82, 2.24) is 14.9 Å². The molecule has 1 aromatic carbocycles. The minimum atomic E-state index is -0.229. The highest BCUT2D eigenvalue weighted by atomic mass is 79.9. The number of hydrogen-bond donors (Lipinski definition) is 2. The van der Waals surface area contributed by atoms with E-state index < -0.39 is 0 Å². The highest BCUT2D eigenvalue weighted by Crippen LogP contribution is 2.31.